The number of amides is 1. The number of hydrogen-bond acceptors (Lipinski definition) is 7. The van der Waals surface area contributed by atoms with Gasteiger partial charge in [-0.2, -0.15) is 0 Å². The molecule has 0 bridgehead atoms. The molecule has 0 spiro atoms. The summed E-state index contributed by atoms with van der Waals surface area (Å²) in [6.45, 7) is 3.63. The lowest BCUT2D eigenvalue weighted by molar-refractivity contribution is 0.103. The number of hydrogen-bond donors (Lipinski definition) is 2. The molecule has 0 saturated heterocycles. The van der Waals surface area contributed by atoms with Crippen molar-refractivity contribution in [1.82, 2.24) is 15.0 Å². The van der Waals surface area contributed by atoms with Crippen molar-refractivity contribution in [2.45, 2.75) is 13.8 Å². The maximum atomic E-state index is 12.3. The van der Waals surface area contributed by atoms with Gasteiger partial charge in [-0.05, 0) is 24.8 Å². The van der Waals surface area contributed by atoms with E-state index in [0.29, 0.717) is 36.8 Å². The first kappa shape index (κ1) is 17.1. The van der Waals surface area contributed by atoms with E-state index in [0.717, 1.165) is 5.56 Å². The Labute approximate surface area is 155 Å². The molecule has 0 aromatic carbocycles. The third-order valence-electron chi connectivity index (χ3n) is 2.94. The predicted molar refractivity (Wildman–Crippen MR) is 99.2 cm³/mol. The molecule has 2 N–H and O–H groups in total. The van der Waals surface area contributed by atoms with Crippen molar-refractivity contribution in [3.05, 3.63) is 43.4 Å². The molecule has 0 aliphatic rings. The molecule has 0 atom stereocenters. The Bertz CT molecular complexity index is 869. The summed E-state index contributed by atoms with van der Waals surface area (Å²) in [6, 6.07) is 1.59. The molecule has 124 valence electrons. The van der Waals surface area contributed by atoms with Gasteiger partial charge >= 0.3 is 0 Å². The van der Waals surface area contributed by atoms with Crippen LogP contribution in [0.5, 0.6) is 0 Å². The monoisotopic (exact) mass is 399 g/mol. The van der Waals surface area contributed by atoms with E-state index in [1.807, 2.05) is 12.3 Å². The first-order chi connectivity index (χ1) is 11.4. The SMILES string of the molecule is Cc1nc(Cl)cc(Nc2ncc(C(=O)Nc3c(C)csc3Cl)s2)n1. The highest BCUT2D eigenvalue weighted by Gasteiger charge is 2.15. The number of nitrogens with zero attached hydrogens (tertiary/aromatic N) is 3. The Kier molecular flexibility index (Phi) is 5.00. The molecule has 0 saturated carbocycles. The first-order valence-electron chi connectivity index (χ1n) is 6.71. The van der Waals surface area contributed by atoms with E-state index in [9.17, 15) is 4.79 Å². The zero-order valence-corrected chi connectivity index (χ0v) is 15.7. The molecule has 3 aromatic heterocycles. The Morgan fingerprint density at radius 1 is 1.25 bits per heavy atom. The normalized spacial score (nSPS) is 10.7. The van der Waals surface area contributed by atoms with Crippen LogP contribution in [0, 0.1) is 13.8 Å². The van der Waals surface area contributed by atoms with Gasteiger partial charge in [0.1, 0.15) is 26.0 Å². The van der Waals surface area contributed by atoms with E-state index < -0.39 is 0 Å². The van der Waals surface area contributed by atoms with E-state index >= 15 is 0 Å². The zero-order valence-electron chi connectivity index (χ0n) is 12.6. The lowest BCUT2D eigenvalue weighted by atomic mass is 10.3. The Balaban J connectivity index is 1.74. The number of rotatable bonds is 4. The number of carbonyl (C=O) groups excluding carboxylic acids is 1. The molecule has 1 amide bonds. The van der Waals surface area contributed by atoms with Crippen molar-refractivity contribution in [1.29, 1.82) is 0 Å². The summed E-state index contributed by atoms with van der Waals surface area (Å²) in [6.07, 6.45) is 1.49. The van der Waals surface area contributed by atoms with Crippen molar-refractivity contribution in [3.8, 4) is 0 Å². The quantitative estimate of drug-likeness (QED) is 0.608. The van der Waals surface area contributed by atoms with E-state index in [2.05, 4.69) is 25.6 Å². The fourth-order valence-corrected chi connectivity index (χ4v) is 3.88. The molecule has 24 heavy (non-hydrogen) atoms. The van der Waals surface area contributed by atoms with Crippen LogP contribution in [0.4, 0.5) is 16.6 Å². The summed E-state index contributed by atoms with van der Waals surface area (Å²) < 4.78 is 0.551. The Morgan fingerprint density at radius 2 is 2.04 bits per heavy atom. The average Bonchev–Trinajstić information content (AvgIpc) is 3.08. The van der Waals surface area contributed by atoms with Crippen LogP contribution < -0.4 is 10.6 Å². The third-order valence-corrected chi connectivity index (χ3v) is 5.38. The zero-order chi connectivity index (χ0) is 17.3. The van der Waals surface area contributed by atoms with Gasteiger partial charge in [-0.25, -0.2) is 15.0 Å². The van der Waals surface area contributed by atoms with Gasteiger partial charge in [0.15, 0.2) is 5.13 Å². The number of aryl methyl sites for hydroxylation is 2. The number of nitrogens with one attached hydrogen (secondary N) is 2. The third kappa shape index (κ3) is 3.84. The highest BCUT2D eigenvalue weighted by atomic mass is 35.5. The van der Waals surface area contributed by atoms with Crippen molar-refractivity contribution in [3.63, 3.8) is 0 Å². The molecule has 10 heteroatoms. The van der Waals surface area contributed by atoms with Crippen LogP contribution in [0.15, 0.2) is 17.6 Å². The molecule has 3 rings (SSSR count). The molecule has 0 unspecified atom stereocenters. The summed E-state index contributed by atoms with van der Waals surface area (Å²) in [5.74, 6) is 0.800. The highest BCUT2D eigenvalue weighted by Crippen LogP contribution is 2.33. The first-order valence-corrected chi connectivity index (χ1v) is 9.16. The van der Waals surface area contributed by atoms with Gasteiger partial charge in [-0.15, -0.1) is 11.3 Å². The summed E-state index contributed by atoms with van der Waals surface area (Å²) in [4.78, 5) is 25.2. The van der Waals surface area contributed by atoms with Crippen LogP contribution in [0.1, 0.15) is 21.1 Å². The molecule has 3 aromatic rings. The largest absolute Gasteiger partial charge is 0.319 e. The Morgan fingerprint density at radius 3 is 2.71 bits per heavy atom. The lowest BCUT2D eigenvalue weighted by Crippen LogP contribution is -2.10. The summed E-state index contributed by atoms with van der Waals surface area (Å²) in [7, 11) is 0. The molecule has 0 aliphatic carbocycles. The highest BCUT2D eigenvalue weighted by molar-refractivity contribution is 7.17. The summed E-state index contributed by atoms with van der Waals surface area (Å²) in [5, 5.41) is 8.57. The fourth-order valence-electron chi connectivity index (χ4n) is 1.88. The maximum Gasteiger partial charge on any atom is 0.267 e. The second kappa shape index (κ2) is 7.02. The summed E-state index contributed by atoms with van der Waals surface area (Å²) in [5.41, 5.74) is 1.56. The molecule has 0 aliphatic heterocycles. The van der Waals surface area contributed by atoms with Gasteiger partial charge in [-0.3, -0.25) is 4.79 Å². The van der Waals surface area contributed by atoms with Crippen LogP contribution >= 0.6 is 45.9 Å². The van der Waals surface area contributed by atoms with Gasteiger partial charge in [0.05, 0.1) is 11.9 Å². The lowest BCUT2D eigenvalue weighted by Gasteiger charge is -2.03. The number of carbonyl (C=O) groups is 1. The van der Waals surface area contributed by atoms with Gasteiger partial charge in [0, 0.05) is 6.07 Å². The van der Waals surface area contributed by atoms with Gasteiger partial charge in [0.25, 0.3) is 5.91 Å². The van der Waals surface area contributed by atoms with Crippen molar-refractivity contribution < 1.29 is 4.79 Å². The topological polar surface area (TPSA) is 79.8 Å². The van der Waals surface area contributed by atoms with E-state index in [1.54, 1.807) is 13.0 Å². The molecular formula is C14H11Cl2N5OS2. The second-order valence-electron chi connectivity index (χ2n) is 4.80. The van der Waals surface area contributed by atoms with Crippen LogP contribution in [0.25, 0.3) is 0 Å². The standard InChI is InChI=1S/C14H11Cl2N5OS2/c1-6-5-23-12(16)11(6)21-13(22)8-4-17-14(24-8)20-10-3-9(15)18-7(2)19-10/h3-5H,1-2H3,(H,21,22)(H,17,18,19,20). The maximum absolute atomic E-state index is 12.3. The van der Waals surface area contributed by atoms with Crippen LogP contribution in [0.3, 0.4) is 0 Å². The molecule has 3 heterocycles. The molecule has 0 radical (unpaired) electrons. The minimum absolute atomic E-state index is 0.263. The number of thiophene rings is 1. The van der Waals surface area contributed by atoms with Gasteiger partial charge < -0.3 is 10.6 Å². The van der Waals surface area contributed by atoms with Crippen LogP contribution in [-0.4, -0.2) is 20.9 Å². The van der Waals surface area contributed by atoms with E-state index in [-0.39, 0.29) is 5.91 Å². The fraction of sp³-hybridized carbons (Fsp3) is 0.143. The molecular weight excluding hydrogens is 389 g/mol. The van der Waals surface area contributed by atoms with E-state index in [1.165, 1.54) is 28.9 Å². The van der Waals surface area contributed by atoms with Crippen molar-refractivity contribution >= 4 is 68.4 Å². The smallest absolute Gasteiger partial charge is 0.267 e. The molecule has 0 fully saturated rings. The predicted octanol–water partition coefficient (Wildman–Crippen LogP) is 4.91. The van der Waals surface area contributed by atoms with Crippen LogP contribution in [-0.2, 0) is 0 Å². The van der Waals surface area contributed by atoms with Gasteiger partial charge in [-0.1, -0.05) is 34.5 Å². The van der Waals surface area contributed by atoms with Crippen molar-refractivity contribution in [2.75, 3.05) is 10.6 Å². The summed E-state index contributed by atoms with van der Waals surface area (Å²) >= 11 is 14.5. The average molecular weight is 400 g/mol. The van der Waals surface area contributed by atoms with Gasteiger partial charge in [0.2, 0.25) is 0 Å². The number of anilines is 3. The minimum Gasteiger partial charge on any atom is -0.319 e. The van der Waals surface area contributed by atoms with Crippen molar-refractivity contribution in [2.24, 2.45) is 0 Å². The molecule has 6 nitrogen and oxygen atoms in total. The second-order valence-corrected chi connectivity index (χ2v) is 7.70. The number of aromatic nitrogens is 3. The Hall–Kier alpha value is -1.74. The van der Waals surface area contributed by atoms with Crippen LogP contribution in [0.2, 0.25) is 9.49 Å². The number of halogens is 2. The number of thiazole rings is 1. The van der Waals surface area contributed by atoms with E-state index in [4.69, 9.17) is 23.2 Å². The minimum atomic E-state index is -0.263.